The van der Waals surface area contributed by atoms with Crippen molar-refractivity contribution in [3.8, 4) is 11.4 Å². The molecule has 0 aliphatic carbocycles. The molecule has 7 heteroatoms. The van der Waals surface area contributed by atoms with Crippen molar-refractivity contribution in [2.75, 3.05) is 10.6 Å². The molecule has 0 fully saturated rings. The highest BCUT2D eigenvalue weighted by Crippen LogP contribution is 2.23. The van der Waals surface area contributed by atoms with Gasteiger partial charge < -0.3 is 15.2 Å². The van der Waals surface area contributed by atoms with E-state index in [1.54, 1.807) is 6.20 Å². The predicted octanol–water partition coefficient (Wildman–Crippen LogP) is 4.19. The molecule has 0 spiro atoms. The normalized spacial score (nSPS) is 10.6. The van der Waals surface area contributed by atoms with Crippen molar-refractivity contribution in [1.82, 2.24) is 20.1 Å². The number of aromatic nitrogens is 4. The van der Waals surface area contributed by atoms with E-state index in [2.05, 4.69) is 30.7 Å². The van der Waals surface area contributed by atoms with Crippen LogP contribution in [0.1, 0.15) is 11.3 Å². The first-order valence-corrected chi connectivity index (χ1v) is 8.54. The summed E-state index contributed by atoms with van der Waals surface area (Å²) in [4.78, 5) is 13.4. The van der Waals surface area contributed by atoms with Gasteiger partial charge in [-0.05, 0) is 18.6 Å². The Balaban J connectivity index is 1.63. The van der Waals surface area contributed by atoms with Gasteiger partial charge in [0.1, 0.15) is 17.4 Å². The molecule has 27 heavy (non-hydrogen) atoms. The van der Waals surface area contributed by atoms with Gasteiger partial charge in [0, 0.05) is 36.6 Å². The first-order chi connectivity index (χ1) is 13.3. The zero-order chi connectivity index (χ0) is 18.5. The predicted molar refractivity (Wildman–Crippen MR) is 104 cm³/mol. The van der Waals surface area contributed by atoms with Crippen molar-refractivity contribution in [3.05, 3.63) is 78.3 Å². The van der Waals surface area contributed by atoms with Crippen LogP contribution in [0, 0.1) is 6.92 Å². The Hall–Kier alpha value is -3.74. The highest BCUT2D eigenvalue weighted by Gasteiger charge is 2.09. The molecule has 0 aliphatic heterocycles. The van der Waals surface area contributed by atoms with Crippen molar-refractivity contribution in [2.24, 2.45) is 0 Å². The molecule has 4 aromatic rings. The number of benzene rings is 1. The van der Waals surface area contributed by atoms with Gasteiger partial charge in [-0.2, -0.15) is 0 Å². The Morgan fingerprint density at radius 2 is 1.78 bits per heavy atom. The van der Waals surface area contributed by atoms with Gasteiger partial charge in [0.25, 0.3) is 0 Å². The molecule has 0 bridgehead atoms. The summed E-state index contributed by atoms with van der Waals surface area (Å²) in [5.41, 5.74) is 2.00. The minimum absolute atomic E-state index is 0.600. The van der Waals surface area contributed by atoms with Crippen LogP contribution in [0.4, 0.5) is 17.5 Å². The summed E-state index contributed by atoms with van der Waals surface area (Å²) < 4.78 is 5.11. The highest BCUT2D eigenvalue weighted by atomic mass is 16.5. The number of hydrogen-bond donors (Lipinski definition) is 2. The first-order valence-electron chi connectivity index (χ1n) is 8.54. The van der Waals surface area contributed by atoms with Gasteiger partial charge in [0.05, 0.1) is 0 Å². The molecule has 0 atom stereocenters. The number of pyridine rings is 1. The maximum absolute atomic E-state index is 5.11. The van der Waals surface area contributed by atoms with Crippen LogP contribution in [0.25, 0.3) is 11.4 Å². The summed E-state index contributed by atoms with van der Waals surface area (Å²) in [7, 11) is 0. The van der Waals surface area contributed by atoms with Crippen LogP contribution in [0.3, 0.4) is 0 Å². The van der Waals surface area contributed by atoms with E-state index >= 15 is 0 Å². The molecule has 2 N–H and O–H groups in total. The molecule has 4 rings (SSSR count). The van der Waals surface area contributed by atoms with Crippen molar-refractivity contribution in [1.29, 1.82) is 0 Å². The van der Waals surface area contributed by atoms with E-state index in [0.717, 1.165) is 16.9 Å². The van der Waals surface area contributed by atoms with E-state index in [-0.39, 0.29) is 0 Å². The Morgan fingerprint density at radius 3 is 2.52 bits per heavy atom. The summed E-state index contributed by atoms with van der Waals surface area (Å²) >= 11 is 0. The Kier molecular flexibility index (Phi) is 4.74. The van der Waals surface area contributed by atoms with E-state index in [9.17, 15) is 0 Å². The second-order valence-electron chi connectivity index (χ2n) is 5.99. The van der Waals surface area contributed by atoms with Gasteiger partial charge in [-0.1, -0.05) is 41.6 Å². The van der Waals surface area contributed by atoms with Crippen LogP contribution in [0.5, 0.6) is 0 Å². The second-order valence-corrected chi connectivity index (χ2v) is 5.99. The van der Waals surface area contributed by atoms with Gasteiger partial charge >= 0.3 is 0 Å². The third-order valence-electron chi connectivity index (χ3n) is 3.84. The van der Waals surface area contributed by atoms with Crippen LogP contribution < -0.4 is 10.6 Å². The summed E-state index contributed by atoms with van der Waals surface area (Å²) in [6.45, 7) is 2.45. The number of hydrogen-bond acceptors (Lipinski definition) is 7. The van der Waals surface area contributed by atoms with Crippen molar-refractivity contribution in [3.63, 3.8) is 0 Å². The first kappa shape index (κ1) is 16.7. The average Bonchev–Trinajstić information content (AvgIpc) is 3.12. The Morgan fingerprint density at radius 1 is 0.926 bits per heavy atom. The molecule has 134 valence electrons. The fourth-order valence-corrected chi connectivity index (χ4v) is 2.57. The Labute approximate surface area is 156 Å². The van der Waals surface area contributed by atoms with E-state index < -0.39 is 0 Å². The SMILES string of the molecule is Cc1cc(Nc2cc(NCc3cccnc3)nc(-c3ccccc3)n2)no1. The topological polar surface area (TPSA) is 88.8 Å². The monoisotopic (exact) mass is 358 g/mol. The lowest BCUT2D eigenvalue weighted by Crippen LogP contribution is -2.05. The van der Waals surface area contributed by atoms with E-state index in [0.29, 0.717) is 29.8 Å². The summed E-state index contributed by atoms with van der Waals surface area (Å²) in [5, 5.41) is 10.5. The molecule has 0 unspecified atom stereocenters. The van der Waals surface area contributed by atoms with Gasteiger partial charge in [0.15, 0.2) is 11.6 Å². The fraction of sp³-hybridized carbons (Fsp3) is 0.100. The zero-order valence-corrected chi connectivity index (χ0v) is 14.8. The third kappa shape index (κ3) is 4.27. The molecule has 0 radical (unpaired) electrons. The molecule has 3 aromatic heterocycles. The van der Waals surface area contributed by atoms with Crippen LogP contribution in [0.15, 0.2) is 71.5 Å². The van der Waals surface area contributed by atoms with Gasteiger partial charge in [-0.25, -0.2) is 9.97 Å². The molecule has 1 aromatic carbocycles. The number of nitrogens with one attached hydrogen (secondary N) is 2. The molecule has 0 saturated heterocycles. The van der Waals surface area contributed by atoms with Crippen molar-refractivity contribution >= 4 is 17.5 Å². The maximum atomic E-state index is 5.11. The summed E-state index contributed by atoms with van der Waals surface area (Å²) in [6, 6.07) is 17.4. The smallest absolute Gasteiger partial charge is 0.175 e. The minimum Gasteiger partial charge on any atom is -0.366 e. The molecule has 0 aliphatic rings. The maximum Gasteiger partial charge on any atom is 0.175 e. The lowest BCUT2D eigenvalue weighted by molar-refractivity contribution is 0.400. The molecular weight excluding hydrogens is 340 g/mol. The molecular formula is C20H18N6O. The largest absolute Gasteiger partial charge is 0.366 e. The lowest BCUT2D eigenvalue weighted by atomic mass is 10.2. The standard InChI is InChI=1S/C20H18N6O/c1-14-10-19(26-27-14)23-18-11-17(22-13-15-6-5-9-21-12-15)24-20(25-18)16-7-3-2-4-8-16/h2-12H,13H2,1H3,(H2,22,23,24,25,26). The molecule has 7 nitrogen and oxygen atoms in total. The number of rotatable bonds is 6. The van der Waals surface area contributed by atoms with E-state index in [1.165, 1.54) is 0 Å². The van der Waals surface area contributed by atoms with Gasteiger partial charge in [-0.3, -0.25) is 4.98 Å². The highest BCUT2D eigenvalue weighted by molar-refractivity contribution is 5.63. The zero-order valence-electron chi connectivity index (χ0n) is 14.8. The van der Waals surface area contributed by atoms with Gasteiger partial charge in [-0.15, -0.1) is 0 Å². The van der Waals surface area contributed by atoms with Crippen LogP contribution in [-0.4, -0.2) is 20.1 Å². The van der Waals surface area contributed by atoms with E-state index in [4.69, 9.17) is 4.52 Å². The summed E-state index contributed by atoms with van der Waals surface area (Å²) in [5.74, 6) is 3.28. The lowest BCUT2D eigenvalue weighted by Gasteiger charge is -2.10. The quantitative estimate of drug-likeness (QED) is 0.534. The van der Waals surface area contributed by atoms with Crippen LogP contribution >= 0.6 is 0 Å². The number of aryl methyl sites for hydroxylation is 1. The third-order valence-corrected chi connectivity index (χ3v) is 3.84. The molecule has 0 saturated carbocycles. The van der Waals surface area contributed by atoms with E-state index in [1.807, 2.05) is 67.7 Å². The summed E-state index contributed by atoms with van der Waals surface area (Å²) in [6.07, 6.45) is 3.58. The second kappa shape index (κ2) is 7.65. The van der Waals surface area contributed by atoms with Crippen molar-refractivity contribution in [2.45, 2.75) is 13.5 Å². The molecule has 3 heterocycles. The molecule has 0 amide bonds. The minimum atomic E-state index is 0.600. The number of anilines is 3. The number of nitrogens with zero attached hydrogens (tertiary/aromatic N) is 4. The van der Waals surface area contributed by atoms with Crippen molar-refractivity contribution < 1.29 is 4.52 Å². The van der Waals surface area contributed by atoms with Gasteiger partial charge in [0.2, 0.25) is 0 Å². The Bertz CT molecular complexity index is 1020. The average molecular weight is 358 g/mol. The van der Waals surface area contributed by atoms with Crippen LogP contribution in [-0.2, 0) is 6.54 Å². The fourth-order valence-electron chi connectivity index (χ4n) is 2.57. The van der Waals surface area contributed by atoms with Crippen LogP contribution in [0.2, 0.25) is 0 Å².